The number of carbonyl (C=O) groups excluding carboxylic acids is 1. The van der Waals surface area contributed by atoms with E-state index in [-0.39, 0.29) is 22.8 Å². The summed E-state index contributed by atoms with van der Waals surface area (Å²) in [7, 11) is 0. The van der Waals surface area contributed by atoms with E-state index >= 15 is 0 Å². The van der Waals surface area contributed by atoms with Crippen LogP contribution in [0.4, 0.5) is 10.5 Å². The molecular weight excluding hydrogens is 552 g/mol. The lowest BCUT2D eigenvalue weighted by atomic mass is 10.1. The standard InChI is InChI=1S/C25H23BrN2O7S/c26-20-21(34-14-19(29)30)23(24(31)32)36-22(20)15-5-4-8-18(13-15)35-17-9-11-28(12-10-17)25(33)27-16-6-2-1-3-7-16/h1-8,13,17H,9-12,14H2,(H,27,33)(H,29,30)(H,31,32). The highest BCUT2D eigenvalue weighted by atomic mass is 79.9. The molecule has 1 aliphatic heterocycles. The van der Waals surface area contributed by atoms with Crippen molar-refractivity contribution in [3.63, 3.8) is 0 Å². The number of carboxylic acid groups (broad SMARTS) is 2. The molecule has 2 heterocycles. The molecule has 9 nitrogen and oxygen atoms in total. The topological polar surface area (TPSA) is 125 Å². The Kier molecular flexibility index (Phi) is 8.11. The second-order valence-corrected chi connectivity index (χ2v) is 9.83. The van der Waals surface area contributed by atoms with Gasteiger partial charge >= 0.3 is 18.0 Å². The highest BCUT2D eigenvalue weighted by molar-refractivity contribution is 9.10. The normalized spacial score (nSPS) is 13.8. The smallest absolute Gasteiger partial charge is 0.349 e. The maximum atomic E-state index is 12.5. The molecule has 0 saturated carbocycles. The quantitative estimate of drug-likeness (QED) is 0.328. The third-order valence-electron chi connectivity index (χ3n) is 5.50. The van der Waals surface area contributed by atoms with E-state index in [1.165, 1.54) is 0 Å². The minimum atomic E-state index is -1.21. The van der Waals surface area contributed by atoms with E-state index in [0.717, 1.165) is 17.0 Å². The molecule has 0 unspecified atom stereocenters. The molecule has 188 valence electrons. The molecule has 4 rings (SSSR count). The number of nitrogens with zero attached hydrogens (tertiary/aromatic N) is 1. The van der Waals surface area contributed by atoms with Crippen LogP contribution in [-0.2, 0) is 4.79 Å². The first-order chi connectivity index (χ1) is 17.3. The van der Waals surface area contributed by atoms with Gasteiger partial charge in [0.25, 0.3) is 0 Å². The lowest BCUT2D eigenvalue weighted by molar-refractivity contribution is -0.139. The van der Waals surface area contributed by atoms with Crippen LogP contribution in [0.15, 0.2) is 59.1 Å². The Hall–Kier alpha value is -3.57. The Morgan fingerprint density at radius 1 is 1.06 bits per heavy atom. The molecule has 1 aliphatic rings. The Balaban J connectivity index is 1.41. The maximum absolute atomic E-state index is 12.5. The van der Waals surface area contributed by atoms with E-state index in [9.17, 15) is 19.5 Å². The van der Waals surface area contributed by atoms with E-state index in [4.69, 9.17) is 14.6 Å². The number of thiophene rings is 1. The monoisotopic (exact) mass is 574 g/mol. The number of benzene rings is 2. The average Bonchev–Trinajstić information content (AvgIpc) is 3.20. The Labute approximate surface area is 219 Å². The summed E-state index contributed by atoms with van der Waals surface area (Å²) in [5.74, 6) is -1.81. The van der Waals surface area contributed by atoms with Gasteiger partial charge in [-0.05, 0) is 45.8 Å². The second-order valence-electron chi connectivity index (χ2n) is 8.02. The van der Waals surface area contributed by atoms with Gasteiger partial charge in [0.1, 0.15) is 11.9 Å². The number of rotatable bonds is 8. The van der Waals surface area contributed by atoms with Crippen LogP contribution in [0.1, 0.15) is 22.5 Å². The summed E-state index contributed by atoms with van der Waals surface area (Å²) < 4.78 is 11.8. The zero-order chi connectivity index (χ0) is 25.7. The van der Waals surface area contributed by atoms with Crippen LogP contribution < -0.4 is 14.8 Å². The molecule has 2 amide bonds. The molecule has 1 saturated heterocycles. The zero-order valence-corrected chi connectivity index (χ0v) is 21.4. The van der Waals surface area contributed by atoms with Crippen molar-refractivity contribution >= 4 is 50.9 Å². The number of urea groups is 1. The number of anilines is 1. The van der Waals surface area contributed by atoms with Crippen LogP contribution in [0.25, 0.3) is 10.4 Å². The van der Waals surface area contributed by atoms with Gasteiger partial charge in [0.05, 0.1) is 9.35 Å². The van der Waals surface area contributed by atoms with Gasteiger partial charge in [-0.25, -0.2) is 14.4 Å². The summed E-state index contributed by atoms with van der Waals surface area (Å²) in [4.78, 5) is 37.3. The molecule has 11 heteroatoms. The lowest BCUT2D eigenvalue weighted by Crippen LogP contribution is -2.43. The summed E-state index contributed by atoms with van der Waals surface area (Å²) in [6.45, 7) is 0.470. The number of carbonyl (C=O) groups is 3. The van der Waals surface area contributed by atoms with Crippen LogP contribution in [0, 0.1) is 0 Å². The number of piperidine rings is 1. The number of hydrogen-bond acceptors (Lipinski definition) is 6. The molecule has 0 radical (unpaired) electrons. The van der Waals surface area contributed by atoms with Crippen molar-refractivity contribution < 1.29 is 34.1 Å². The number of carboxylic acids is 2. The van der Waals surface area contributed by atoms with E-state index in [1.54, 1.807) is 17.0 Å². The van der Waals surface area contributed by atoms with Crippen LogP contribution in [0.2, 0.25) is 0 Å². The summed E-state index contributed by atoms with van der Waals surface area (Å²) >= 11 is 4.36. The van der Waals surface area contributed by atoms with E-state index in [0.29, 0.717) is 46.6 Å². The lowest BCUT2D eigenvalue weighted by Gasteiger charge is -2.32. The van der Waals surface area contributed by atoms with Crippen molar-refractivity contribution in [1.82, 2.24) is 4.90 Å². The van der Waals surface area contributed by atoms with Gasteiger partial charge in [-0.3, -0.25) is 0 Å². The van der Waals surface area contributed by atoms with Crippen molar-refractivity contribution in [2.24, 2.45) is 0 Å². The van der Waals surface area contributed by atoms with Crippen LogP contribution in [-0.4, -0.2) is 58.9 Å². The fourth-order valence-corrected chi connectivity index (χ4v) is 5.68. The van der Waals surface area contributed by atoms with Crippen molar-refractivity contribution in [2.75, 3.05) is 25.0 Å². The van der Waals surface area contributed by atoms with E-state index in [1.807, 2.05) is 42.5 Å². The maximum Gasteiger partial charge on any atom is 0.349 e. The van der Waals surface area contributed by atoms with Gasteiger partial charge in [-0.15, -0.1) is 11.3 Å². The number of nitrogens with one attached hydrogen (secondary N) is 1. The molecule has 1 aromatic heterocycles. The molecule has 0 atom stereocenters. The van der Waals surface area contributed by atoms with Gasteiger partial charge in [-0.2, -0.15) is 0 Å². The van der Waals surface area contributed by atoms with Crippen molar-refractivity contribution in [1.29, 1.82) is 0 Å². The Morgan fingerprint density at radius 2 is 1.78 bits per heavy atom. The third kappa shape index (κ3) is 6.16. The highest BCUT2D eigenvalue weighted by Gasteiger charge is 2.26. The molecule has 3 aromatic rings. The molecule has 1 fully saturated rings. The first-order valence-corrected chi connectivity index (χ1v) is 12.7. The number of halogens is 1. The summed E-state index contributed by atoms with van der Waals surface area (Å²) in [6.07, 6.45) is 1.27. The number of para-hydroxylation sites is 1. The average molecular weight is 575 g/mol. The van der Waals surface area contributed by atoms with Gasteiger partial charge in [0, 0.05) is 31.6 Å². The number of aromatic carboxylic acids is 1. The van der Waals surface area contributed by atoms with Crippen molar-refractivity contribution in [2.45, 2.75) is 18.9 Å². The number of likely N-dealkylation sites (tertiary alicyclic amines) is 1. The Morgan fingerprint density at radius 3 is 2.44 bits per heavy atom. The molecule has 2 aromatic carbocycles. The van der Waals surface area contributed by atoms with Crippen LogP contribution in [0.3, 0.4) is 0 Å². The fraction of sp³-hybridized carbons (Fsp3) is 0.240. The van der Waals surface area contributed by atoms with Crippen LogP contribution in [0.5, 0.6) is 11.5 Å². The molecular formula is C25H23BrN2O7S. The second kappa shape index (κ2) is 11.4. The fourth-order valence-electron chi connectivity index (χ4n) is 3.79. The summed E-state index contributed by atoms with van der Waals surface area (Å²) in [5.41, 5.74) is 1.46. The predicted octanol–water partition coefficient (Wildman–Crippen LogP) is 5.41. The highest BCUT2D eigenvalue weighted by Crippen LogP contribution is 2.46. The van der Waals surface area contributed by atoms with Crippen molar-refractivity contribution in [3.05, 3.63) is 63.9 Å². The minimum Gasteiger partial charge on any atom is -0.490 e. The van der Waals surface area contributed by atoms with Crippen LogP contribution >= 0.6 is 27.3 Å². The SMILES string of the molecule is O=C(O)COc1c(C(=O)O)sc(-c2cccc(OC3CCN(C(=O)Nc4ccccc4)CC3)c2)c1Br. The van der Waals surface area contributed by atoms with E-state index in [2.05, 4.69) is 21.2 Å². The van der Waals surface area contributed by atoms with Gasteiger partial charge in [0.15, 0.2) is 17.2 Å². The summed E-state index contributed by atoms with van der Waals surface area (Å²) in [6, 6.07) is 16.4. The first kappa shape index (κ1) is 25.5. The molecule has 3 N–H and O–H groups in total. The number of amides is 2. The molecule has 0 aliphatic carbocycles. The molecule has 0 bridgehead atoms. The van der Waals surface area contributed by atoms with Gasteiger partial charge < -0.3 is 29.9 Å². The third-order valence-corrected chi connectivity index (χ3v) is 7.72. The molecule has 36 heavy (non-hydrogen) atoms. The van der Waals surface area contributed by atoms with Gasteiger partial charge in [-0.1, -0.05) is 30.3 Å². The number of hydrogen-bond donors (Lipinski definition) is 3. The number of aliphatic carboxylic acids is 1. The minimum absolute atomic E-state index is 0.0163. The largest absolute Gasteiger partial charge is 0.490 e. The first-order valence-electron chi connectivity index (χ1n) is 11.1. The summed E-state index contributed by atoms with van der Waals surface area (Å²) in [5, 5.41) is 21.3. The zero-order valence-electron chi connectivity index (χ0n) is 19.0. The predicted molar refractivity (Wildman–Crippen MR) is 138 cm³/mol. The number of ether oxygens (including phenoxy) is 2. The van der Waals surface area contributed by atoms with Crippen molar-refractivity contribution in [3.8, 4) is 21.9 Å². The Bertz CT molecular complexity index is 1260. The molecule has 0 spiro atoms. The van der Waals surface area contributed by atoms with E-state index < -0.39 is 18.5 Å². The van der Waals surface area contributed by atoms with Gasteiger partial charge in [0.2, 0.25) is 0 Å².